The van der Waals surface area contributed by atoms with Gasteiger partial charge in [-0.2, -0.15) is 5.10 Å². The lowest BCUT2D eigenvalue weighted by atomic mass is 10.1. The third-order valence-electron chi connectivity index (χ3n) is 2.58. The van der Waals surface area contributed by atoms with Crippen molar-refractivity contribution in [3.63, 3.8) is 0 Å². The molecular formula is C12H9N5O. The number of fused-ring (bicyclic) bond motifs is 1. The van der Waals surface area contributed by atoms with E-state index in [1.807, 2.05) is 0 Å². The summed E-state index contributed by atoms with van der Waals surface area (Å²) in [5.74, 6) is -0.562. The van der Waals surface area contributed by atoms with Crippen molar-refractivity contribution in [1.29, 1.82) is 0 Å². The number of hydrogen-bond acceptors (Lipinski definition) is 4. The highest BCUT2D eigenvalue weighted by molar-refractivity contribution is 5.98. The average Bonchev–Trinajstić information content (AvgIpc) is 2.79. The summed E-state index contributed by atoms with van der Waals surface area (Å²) in [4.78, 5) is 19.9. The standard InChI is InChI=1S/C12H9N5O/c13-12(18)11-10(8-3-6-14-7-4-8)16-9-2-1-5-15-17(9)11/h1-7H,(H2,13,18). The molecule has 18 heavy (non-hydrogen) atoms. The van der Waals surface area contributed by atoms with E-state index in [1.165, 1.54) is 4.52 Å². The number of primary amides is 1. The molecule has 0 aromatic carbocycles. The van der Waals surface area contributed by atoms with Crippen LogP contribution in [0.3, 0.4) is 0 Å². The minimum atomic E-state index is -0.562. The van der Waals surface area contributed by atoms with Crippen LogP contribution >= 0.6 is 0 Å². The van der Waals surface area contributed by atoms with Gasteiger partial charge in [0.1, 0.15) is 5.69 Å². The Kier molecular flexibility index (Phi) is 2.26. The third kappa shape index (κ3) is 1.51. The highest BCUT2D eigenvalue weighted by Gasteiger charge is 2.18. The number of imidazole rings is 1. The second-order valence-corrected chi connectivity index (χ2v) is 3.70. The van der Waals surface area contributed by atoms with Crippen LogP contribution in [0.15, 0.2) is 42.9 Å². The maximum absolute atomic E-state index is 11.6. The zero-order valence-electron chi connectivity index (χ0n) is 9.32. The van der Waals surface area contributed by atoms with Crippen LogP contribution in [0.2, 0.25) is 0 Å². The zero-order valence-corrected chi connectivity index (χ0v) is 9.32. The SMILES string of the molecule is NC(=O)c1c(-c2ccncc2)nc2cccnn12. The zero-order chi connectivity index (χ0) is 12.5. The van der Waals surface area contributed by atoms with Gasteiger partial charge in [0.2, 0.25) is 0 Å². The number of rotatable bonds is 2. The summed E-state index contributed by atoms with van der Waals surface area (Å²) in [5, 5.41) is 4.09. The molecule has 0 unspecified atom stereocenters. The van der Waals surface area contributed by atoms with Crippen LogP contribution < -0.4 is 5.73 Å². The van der Waals surface area contributed by atoms with Crippen molar-refractivity contribution >= 4 is 11.6 Å². The normalized spacial score (nSPS) is 10.7. The summed E-state index contributed by atoms with van der Waals surface area (Å²) in [7, 11) is 0. The van der Waals surface area contributed by atoms with Gasteiger partial charge in [-0.15, -0.1) is 0 Å². The van der Waals surface area contributed by atoms with Crippen LogP contribution in [0.5, 0.6) is 0 Å². The number of amides is 1. The van der Waals surface area contributed by atoms with Gasteiger partial charge in [-0.25, -0.2) is 9.50 Å². The fourth-order valence-corrected chi connectivity index (χ4v) is 1.82. The Morgan fingerprint density at radius 1 is 1.17 bits per heavy atom. The first kappa shape index (κ1) is 10.4. The Bertz CT molecular complexity index is 720. The lowest BCUT2D eigenvalue weighted by Crippen LogP contribution is -2.15. The number of hydrogen-bond donors (Lipinski definition) is 1. The molecule has 88 valence electrons. The predicted molar refractivity (Wildman–Crippen MR) is 64.7 cm³/mol. The maximum Gasteiger partial charge on any atom is 0.269 e. The minimum Gasteiger partial charge on any atom is -0.364 e. The van der Waals surface area contributed by atoms with Crippen LogP contribution in [0.1, 0.15) is 10.5 Å². The van der Waals surface area contributed by atoms with Gasteiger partial charge in [-0.05, 0) is 24.3 Å². The van der Waals surface area contributed by atoms with Gasteiger partial charge in [0, 0.05) is 24.2 Å². The van der Waals surface area contributed by atoms with E-state index in [2.05, 4.69) is 15.1 Å². The van der Waals surface area contributed by atoms with Gasteiger partial charge < -0.3 is 5.73 Å². The van der Waals surface area contributed by atoms with Gasteiger partial charge >= 0.3 is 0 Å². The molecular weight excluding hydrogens is 230 g/mol. The van der Waals surface area contributed by atoms with E-state index in [9.17, 15) is 4.79 Å². The molecule has 6 nitrogen and oxygen atoms in total. The molecule has 3 rings (SSSR count). The minimum absolute atomic E-state index is 0.275. The number of nitrogens with two attached hydrogens (primary N) is 1. The van der Waals surface area contributed by atoms with Gasteiger partial charge in [0.05, 0.1) is 0 Å². The van der Waals surface area contributed by atoms with E-state index in [0.717, 1.165) is 5.56 Å². The predicted octanol–water partition coefficient (Wildman–Crippen LogP) is 0.890. The van der Waals surface area contributed by atoms with Crippen molar-refractivity contribution in [3.05, 3.63) is 48.5 Å². The molecule has 0 spiro atoms. The van der Waals surface area contributed by atoms with E-state index in [0.29, 0.717) is 11.3 Å². The fourth-order valence-electron chi connectivity index (χ4n) is 1.82. The van der Waals surface area contributed by atoms with Gasteiger partial charge in [0.15, 0.2) is 11.3 Å². The lowest BCUT2D eigenvalue weighted by molar-refractivity contribution is 0.0994. The molecule has 2 N–H and O–H groups in total. The quantitative estimate of drug-likeness (QED) is 0.719. The van der Waals surface area contributed by atoms with Gasteiger partial charge in [-0.1, -0.05) is 0 Å². The molecule has 0 radical (unpaired) electrons. The average molecular weight is 239 g/mol. The highest BCUT2D eigenvalue weighted by Crippen LogP contribution is 2.22. The second-order valence-electron chi connectivity index (χ2n) is 3.70. The van der Waals surface area contributed by atoms with Crippen molar-refractivity contribution in [1.82, 2.24) is 19.6 Å². The van der Waals surface area contributed by atoms with Crippen LogP contribution in [-0.2, 0) is 0 Å². The number of carbonyl (C=O) groups is 1. The number of pyridine rings is 1. The second kappa shape index (κ2) is 3.92. The Morgan fingerprint density at radius 3 is 2.67 bits per heavy atom. The van der Waals surface area contributed by atoms with Crippen LogP contribution in [0, 0.1) is 0 Å². The van der Waals surface area contributed by atoms with Gasteiger partial charge in [0.25, 0.3) is 5.91 Å². The van der Waals surface area contributed by atoms with Crippen LogP contribution in [-0.4, -0.2) is 25.5 Å². The molecule has 0 fully saturated rings. The molecule has 3 aromatic heterocycles. The van der Waals surface area contributed by atoms with E-state index in [1.54, 1.807) is 42.9 Å². The first-order valence-corrected chi connectivity index (χ1v) is 5.31. The summed E-state index contributed by atoms with van der Waals surface area (Å²) in [6.45, 7) is 0. The first-order chi connectivity index (χ1) is 8.77. The van der Waals surface area contributed by atoms with Crippen LogP contribution in [0.25, 0.3) is 16.9 Å². The Morgan fingerprint density at radius 2 is 1.94 bits per heavy atom. The summed E-state index contributed by atoms with van der Waals surface area (Å²) in [5.41, 5.74) is 7.56. The molecule has 0 aliphatic heterocycles. The monoisotopic (exact) mass is 239 g/mol. The topological polar surface area (TPSA) is 86.2 Å². The molecule has 0 atom stereocenters. The van der Waals surface area contributed by atoms with Crippen molar-refractivity contribution < 1.29 is 4.79 Å². The molecule has 6 heteroatoms. The molecule has 3 heterocycles. The number of carbonyl (C=O) groups excluding carboxylic acids is 1. The van der Waals surface area contributed by atoms with Crippen molar-refractivity contribution in [2.75, 3.05) is 0 Å². The smallest absolute Gasteiger partial charge is 0.269 e. The summed E-state index contributed by atoms with van der Waals surface area (Å²) < 4.78 is 1.44. The molecule has 0 aliphatic carbocycles. The van der Waals surface area contributed by atoms with E-state index in [4.69, 9.17) is 5.73 Å². The molecule has 0 saturated heterocycles. The fraction of sp³-hybridized carbons (Fsp3) is 0. The summed E-state index contributed by atoms with van der Waals surface area (Å²) in [6.07, 6.45) is 4.85. The number of nitrogens with zero attached hydrogens (tertiary/aromatic N) is 4. The third-order valence-corrected chi connectivity index (χ3v) is 2.58. The van der Waals surface area contributed by atoms with Crippen LogP contribution in [0.4, 0.5) is 0 Å². The molecule has 3 aromatic rings. The van der Waals surface area contributed by atoms with Gasteiger partial charge in [-0.3, -0.25) is 9.78 Å². The molecule has 1 amide bonds. The van der Waals surface area contributed by atoms with E-state index < -0.39 is 5.91 Å². The van der Waals surface area contributed by atoms with Crippen molar-refractivity contribution in [3.8, 4) is 11.3 Å². The largest absolute Gasteiger partial charge is 0.364 e. The van der Waals surface area contributed by atoms with Crippen molar-refractivity contribution in [2.45, 2.75) is 0 Å². The Balaban J connectivity index is 2.36. The van der Waals surface area contributed by atoms with E-state index >= 15 is 0 Å². The van der Waals surface area contributed by atoms with Crippen molar-refractivity contribution in [2.24, 2.45) is 5.73 Å². The molecule has 0 aliphatic rings. The Hall–Kier alpha value is -2.76. The highest BCUT2D eigenvalue weighted by atomic mass is 16.1. The Labute approximate surface area is 102 Å². The maximum atomic E-state index is 11.6. The molecule has 0 bridgehead atoms. The van der Waals surface area contributed by atoms with E-state index in [-0.39, 0.29) is 5.69 Å². The summed E-state index contributed by atoms with van der Waals surface area (Å²) >= 11 is 0. The molecule has 0 saturated carbocycles. The first-order valence-electron chi connectivity index (χ1n) is 5.31. The number of aromatic nitrogens is 4. The summed E-state index contributed by atoms with van der Waals surface area (Å²) in [6, 6.07) is 7.07. The lowest BCUT2D eigenvalue weighted by Gasteiger charge is -1.99.